The highest BCUT2D eigenvalue weighted by Crippen LogP contribution is 2.41. The molecule has 0 bridgehead atoms. The van der Waals surface area contributed by atoms with Crippen LogP contribution < -0.4 is 5.32 Å². The molecule has 22 heavy (non-hydrogen) atoms. The number of aliphatic carboxylic acids is 1. The minimum atomic E-state index is -3.56. The van der Waals surface area contributed by atoms with Crippen molar-refractivity contribution in [1.82, 2.24) is 5.32 Å². The van der Waals surface area contributed by atoms with Crippen LogP contribution in [0.25, 0.3) is 0 Å². The Balaban J connectivity index is 2.30. The number of nitrogens with one attached hydrogen (secondary N) is 1. The first-order valence-corrected chi connectivity index (χ1v) is 9.20. The number of rotatable bonds is 9. The third-order valence-corrected chi connectivity index (χ3v) is 5.00. The number of carboxylic acids is 1. The third kappa shape index (κ3) is 7.38. The fourth-order valence-corrected chi connectivity index (χ4v) is 3.40. The number of amides is 1. The van der Waals surface area contributed by atoms with Crippen LogP contribution in [0.5, 0.6) is 0 Å². The maximum atomic E-state index is 11.9. The molecule has 122 valence electrons. The summed E-state index contributed by atoms with van der Waals surface area (Å²) in [5.41, 5.74) is 1.17. The lowest BCUT2D eigenvalue weighted by Gasteiger charge is -2.13. The molecule has 0 fully saturated rings. The lowest BCUT2D eigenvalue weighted by molar-refractivity contribution is -0.140. The first-order valence-electron chi connectivity index (χ1n) is 7.17. The normalized spacial score (nSPS) is 14.8. The lowest BCUT2D eigenvalue weighted by Crippen LogP contribution is -2.39. The monoisotopic (exact) mass is 327 g/mol. The molecule has 3 N–H and O–H groups in total. The molecular formula is C15H22NO5P. The quantitative estimate of drug-likeness (QED) is 0.474. The fourth-order valence-electron chi connectivity index (χ4n) is 1.98. The van der Waals surface area contributed by atoms with Crippen molar-refractivity contribution >= 4 is 19.2 Å². The summed E-state index contributed by atoms with van der Waals surface area (Å²) in [5.74, 6) is -1.88. The van der Waals surface area contributed by atoms with Crippen LogP contribution in [0.2, 0.25) is 0 Å². The predicted molar refractivity (Wildman–Crippen MR) is 84.2 cm³/mol. The Morgan fingerprint density at radius 2 is 1.86 bits per heavy atom. The molecular weight excluding hydrogens is 305 g/mol. The van der Waals surface area contributed by atoms with E-state index in [2.05, 4.69) is 5.32 Å². The summed E-state index contributed by atoms with van der Waals surface area (Å²) in [6, 6.07) is 8.76. The minimum absolute atomic E-state index is 0.0642. The molecule has 0 saturated carbocycles. The van der Waals surface area contributed by atoms with Crippen molar-refractivity contribution in [3.05, 3.63) is 35.9 Å². The van der Waals surface area contributed by atoms with Crippen LogP contribution in [-0.2, 0) is 20.6 Å². The van der Waals surface area contributed by atoms with Crippen LogP contribution in [0.15, 0.2) is 30.3 Å². The van der Waals surface area contributed by atoms with Gasteiger partial charge in [0.1, 0.15) is 12.2 Å². The summed E-state index contributed by atoms with van der Waals surface area (Å²) in [4.78, 5) is 31.9. The first-order chi connectivity index (χ1) is 10.3. The molecule has 1 rings (SSSR count). The van der Waals surface area contributed by atoms with Gasteiger partial charge in [-0.15, -0.1) is 0 Å². The number of benzene rings is 1. The van der Waals surface area contributed by atoms with E-state index < -0.39 is 31.4 Å². The van der Waals surface area contributed by atoms with Crippen molar-refractivity contribution in [1.29, 1.82) is 0 Å². The summed E-state index contributed by atoms with van der Waals surface area (Å²) >= 11 is 0. The molecule has 0 aliphatic rings. The second-order valence-corrected chi connectivity index (χ2v) is 7.75. The molecule has 1 unspecified atom stereocenters. The van der Waals surface area contributed by atoms with Gasteiger partial charge < -0.3 is 15.3 Å². The average Bonchev–Trinajstić information content (AvgIpc) is 2.44. The van der Waals surface area contributed by atoms with Crippen molar-refractivity contribution in [3.63, 3.8) is 0 Å². The molecule has 1 amide bonds. The van der Waals surface area contributed by atoms with E-state index in [1.807, 2.05) is 30.3 Å². The van der Waals surface area contributed by atoms with E-state index in [1.165, 1.54) is 12.5 Å². The predicted octanol–water partition coefficient (Wildman–Crippen LogP) is 1.87. The van der Waals surface area contributed by atoms with Gasteiger partial charge >= 0.3 is 5.97 Å². The lowest BCUT2D eigenvalue weighted by atomic mass is 10.1. The Morgan fingerprint density at radius 1 is 1.23 bits per heavy atom. The second-order valence-electron chi connectivity index (χ2n) is 5.30. The molecule has 0 aliphatic heterocycles. The van der Waals surface area contributed by atoms with Gasteiger partial charge in [-0.2, -0.15) is 0 Å². The van der Waals surface area contributed by atoms with E-state index in [9.17, 15) is 19.0 Å². The Labute approximate surface area is 130 Å². The Morgan fingerprint density at radius 3 is 2.45 bits per heavy atom. The maximum absolute atomic E-state index is 11.9. The Hall–Kier alpha value is -1.65. The van der Waals surface area contributed by atoms with Gasteiger partial charge in [0.2, 0.25) is 13.3 Å². The van der Waals surface area contributed by atoms with Gasteiger partial charge in [-0.3, -0.25) is 14.2 Å². The molecule has 6 nitrogen and oxygen atoms in total. The highest BCUT2D eigenvalue weighted by Gasteiger charge is 2.24. The van der Waals surface area contributed by atoms with Crippen LogP contribution in [0.1, 0.15) is 25.3 Å². The van der Waals surface area contributed by atoms with Crippen LogP contribution in [0.3, 0.4) is 0 Å². The van der Waals surface area contributed by atoms with E-state index in [-0.39, 0.29) is 6.16 Å². The molecule has 0 saturated heterocycles. The summed E-state index contributed by atoms with van der Waals surface area (Å²) in [6.07, 6.45) is 1.67. The molecule has 1 aromatic carbocycles. The number of unbranched alkanes of at least 4 members (excludes halogenated alkanes) is 1. The number of hydrogen-bond acceptors (Lipinski definition) is 3. The zero-order valence-corrected chi connectivity index (χ0v) is 13.5. The Bertz CT molecular complexity index is 546. The van der Waals surface area contributed by atoms with Crippen LogP contribution >= 0.6 is 7.37 Å². The van der Waals surface area contributed by atoms with E-state index in [1.54, 1.807) is 0 Å². The molecule has 0 aromatic heterocycles. The largest absolute Gasteiger partial charge is 0.480 e. The van der Waals surface area contributed by atoms with Gasteiger partial charge in [0.15, 0.2) is 0 Å². The SMILES string of the molecule is C[C@H](NC(=O)CP(=O)(O)CCCCc1ccccc1)C(=O)O. The summed E-state index contributed by atoms with van der Waals surface area (Å²) in [6.45, 7) is 1.31. The molecule has 0 aliphatic carbocycles. The number of carboxylic acid groups (broad SMARTS) is 1. The summed E-state index contributed by atoms with van der Waals surface area (Å²) in [7, 11) is -3.56. The van der Waals surface area contributed by atoms with Crippen molar-refractivity contribution in [2.75, 3.05) is 12.3 Å². The molecule has 0 heterocycles. The van der Waals surface area contributed by atoms with Crippen molar-refractivity contribution in [2.45, 2.75) is 32.2 Å². The molecule has 2 atom stereocenters. The van der Waals surface area contributed by atoms with Gasteiger partial charge in [-0.1, -0.05) is 30.3 Å². The van der Waals surface area contributed by atoms with Gasteiger partial charge in [-0.25, -0.2) is 0 Å². The number of carbonyl (C=O) groups excluding carboxylic acids is 1. The minimum Gasteiger partial charge on any atom is -0.480 e. The standard InChI is InChI=1S/C15H22NO5P/c1-12(15(18)19)16-14(17)11-22(20,21)10-6-5-9-13-7-3-2-4-8-13/h2-4,7-8,12H,5-6,9-11H2,1H3,(H,16,17)(H,18,19)(H,20,21)/t12-/m0/s1. The fraction of sp³-hybridized carbons (Fsp3) is 0.467. The zero-order valence-electron chi connectivity index (χ0n) is 12.6. The van der Waals surface area contributed by atoms with E-state index in [0.717, 1.165) is 12.8 Å². The topological polar surface area (TPSA) is 104 Å². The third-order valence-electron chi connectivity index (χ3n) is 3.20. The van der Waals surface area contributed by atoms with Crippen molar-refractivity contribution < 1.29 is 24.2 Å². The smallest absolute Gasteiger partial charge is 0.325 e. The highest BCUT2D eigenvalue weighted by atomic mass is 31.2. The molecule has 1 aromatic rings. The second kappa shape index (κ2) is 8.71. The number of aryl methyl sites for hydroxylation is 1. The molecule has 0 radical (unpaired) electrons. The van der Waals surface area contributed by atoms with Crippen molar-refractivity contribution in [2.24, 2.45) is 0 Å². The number of hydrogen-bond donors (Lipinski definition) is 3. The van der Waals surface area contributed by atoms with Gasteiger partial charge in [0.25, 0.3) is 0 Å². The summed E-state index contributed by atoms with van der Waals surface area (Å²) < 4.78 is 11.9. The van der Waals surface area contributed by atoms with Crippen LogP contribution in [-0.4, -0.2) is 40.2 Å². The Kier molecular flexibility index (Phi) is 7.28. The van der Waals surface area contributed by atoms with E-state index in [0.29, 0.717) is 6.42 Å². The van der Waals surface area contributed by atoms with Gasteiger partial charge in [-0.05, 0) is 31.7 Å². The zero-order chi connectivity index (χ0) is 16.6. The first kappa shape index (κ1) is 18.4. The van der Waals surface area contributed by atoms with E-state index in [4.69, 9.17) is 5.11 Å². The van der Waals surface area contributed by atoms with Gasteiger partial charge in [0, 0.05) is 6.16 Å². The van der Waals surface area contributed by atoms with Gasteiger partial charge in [0.05, 0.1) is 0 Å². The highest BCUT2D eigenvalue weighted by molar-refractivity contribution is 7.58. The molecule has 0 spiro atoms. The van der Waals surface area contributed by atoms with E-state index >= 15 is 0 Å². The maximum Gasteiger partial charge on any atom is 0.325 e. The van der Waals surface area contributed by atoms with Crippen LogP contribution in [0.4, 0.5) is 0 Å². The average molecular weight is 327 g/mol. The number of carbonyl (C=O) groups is 2. The summed E-state index contributed by atoms with van der Waals surface area (Å²) in [5, 5.41) is 10.8. The van der Waals surface area contributed by atoms with Crippen LogP contribution in [0, 0.1) is 0 Å². The molecule has 7 heteroatoms. The van der Waals surface area contributed by atoms with Crippen molar-refractivity contribution in [3.8, 4) is 0 Å².